The molecule has 0 atom stereocenters. The lowest BCUT2D eigenvalue weighted by atomic mass is 10.2. The number of nitrogens with two attached hydrogens (primary N) is 1. The van der Waals surface area contributed by atoms with Gasteiger partial charge in [-0.3, -0.25) is 0 Å². The fourth-order valence-corrected chi connectivity index (χ4v) is 3.47. The molecule has 18 heavy (non-hydrogen) atoms. The van der Waals surface area contributed by atoms with Gasteiger partial charge in [0, 0.05) is 19.3 Å². The Labute approximate surface area is 108 Å². The maximum atomic E-state index is 12.5. The van der Waals surface area contributed by atoms with Gasteiger partial charge in [0.15, 0.2) is 5.82 Å². The second kappa shape index (κ2) is 6.12. The van der Waals surface area contributed by atoms with Crippen LogP contribution in [0.2, 0.25) is 0 Å². The van der Waals surface area contributed by atoms with Crippen LogP contribution in [0.25, 0.3) is 0 Å². The van der Waals surface area contributed by atoms with E-state index in [9.17, 15) is 8.42 Å². The minimum atomic E-state index is -3.58. The van der Waals surface area contributed by atoms with E-state index in [4.69, 9.17) is 5.84 Å². The minimum Gasteiger partial charge on any atom is -0.307 e. The Kier molecular flexibility index (Phi) is 5.06. The molecule has 6 nitrogen and oxygen atoms in total. The van der Waals surface area contributed by atoms with Crippen molar-refractivity contribution in [2.75, 3.05) is 12.5 Å². The summed E-state index contributed by atoms with van der Waals surface area (Å²) in [6, 6.07) is 3.05. The zero-order valence-corrected chi connectivity index (χ0v) is 11.7. The van der Waals surface area contributed by atoms with Crippen molar-refractivity contribution in [2.24, 2.45) is 5.84 Å². The second-order valence-electron chi connectivity index (χ2n) is 3.99. The van der Waals surface area contributed by atoms with Crippen molar-refractivity contribution in [1.82, 2.24) is 9.29 Å². The lowest BCUT2D eigenvalue weighted by molar-refractivity contribution is 0.350. The zero-order chi connectivity index (χ0) is 13.8. The summed E-state index contributed by atoms with van der Waals surface area (Å²) in [7, 11) is -1.99. The average molecular weight is 272 g/mol. The van der Waals surface area contributed by atoms with Gasteiger partial charge in [0.1, 0.15) is 4.90 Å². The van der Waals surface area contributed by atoms with E-state index in [0.717, 1.165) is 12.8 Å². The third kappa shape index (κ3) is 2.80. The van der Waals surface area contributed by atoms with Crippen LogP contribution in [-0.2, 0) is 10.0 Å². The van der Waals surface area contributed by atoms with Crippen LogP contribution in [0.3, 0.4) is 0 Å². The number of rotatable bonds is 6. The summed E-state index contributed by atoms with van der Waals surface area (Å²) in [4.78, 5) is 4.01. The lowest BCUT2D eigenvalue weighted by Gasteiger charge is -2.26. The molecule has 0 aromatic carbocycles. The normalized spacial score (nSPS) is 12.1. The van der Waals surface area contributed by atoms with Crippen LogP contribution in [0.1, 0.15) is 26.7 Å². The Bertz CT molecular complexity index is 486. The molecule has 1 heterocycles. The first kappa shape index (κ1) is 14.9. The van der Waals surface area contributed by atoms with Gasteiger partial charge in [-0.15, -0.1) is 0 Å². The molecule has 0 bridgehead atoms. The minimum absolute atomic E-state index is 0.0270. The summed E-state index contributed by atoms with van der Waals surface area (Å²) in [5, 5.41) is 0. The van der Waals surface area contributed by atoms with Crippen LogP contribution >= 0.6 is 0 Å². The highest BCUT2D eigenvalue weighted by Crippen LogP contribution is 2.23. The summed E-state index contributed by atoms with van der Waals surface area (Å²) in [5.41, 5.74) is 2.31. The molecule has 102 valence electrons. The van der Waals surface area contributed by atoms with Crippen LogP contribution < -0.4 is 11.3 Å². The maximum absolute atomic E-state index is 12.5. The van der Waals surface area contributed by atoms with Gasteiger partial charge in [-0.05, 0) is 25.0 Å². The maximum Gasteiger partial charge on any atom is 0.246 e. The summed E-state index contributed by atoms with van der Waals surface area (Å²) in [6.45, 7) is 3.93. The molecule has 3 N–H and O–H groups in total. The van der Waals surface area contributed by atoms with Crippen LogP contribution in [0, 0.1) is 0 Å². The molecule has 0 fully saturated rings. The molecule has 0 amide bonds. The number of nitrogen functional groups attached to an aromatic ring is 1. The largest absolute Gasteiger partial charge is 0.307 e. The third-order valence-corrected chi connectivity index (χ3v) is 4.96. The molecule has 0 spiro atoms. The number of nitrogens with one attached hydrogen (secondary N) is 1. The van der Waals surface area contributed by atoms with Gasteiger partial charge in [-0.25, -0.2) is 19.2 Å². The lowest BCUT2D eigenvalue weighted by Crippen LogP contribution is -2.36. The van der Waals surface area contributed by atoms with E-state index in [1.807, 2.05) is 13.8 Å². The number of sulfonamides is 1. The Morgan fingerprint density at radius 3 is 2.56 bits per heavy atom. The number of hydrogen-bond donors (Lipinski definition) is 2. The molecular formula is C11H20N4O2S. The van der Waals surface area contributed by atoms with E-state index in [1.165, 1.54) is 16.6 Å². The smallest absolute Gasteiger partial charge is 0.246 e. The Morgan fingerprint density at radius 2 is 2.06 bits per heavy atom. The van der Waals surface area contributed by atoms with Crippen LogP contribution in [-0.4, -0.2) is 30.8 Å². The van der Waals surface area contributed by atoms with E-state index < -0.39 is 10.0 Å². The number of hydrazine groups is 1. The SMILES string of the molecule is CCC(CC)N(C)S(=O)(=O)c1cccnc1NN. The van der Waals surface area contributed by atoms with Crippen molar-refractivity contribution in [3.05, 3.63) is 18.3 Å². The average Bonchev–Trinajstić information content (AvgIpc) is 2.39. The first-order chi connectivity index (χ1) is 8.48. The first-order valence-corrected chi connectivity index (χ1v) is 7.32. The monoisotopic (exact) mass is 272 g/mol. The van der Waals surface area contributed by atoms with Gasteiger partial charge in [-0.1, -0.05) is 13.8 Å². The summed E-state index contributed by atoms with van der Waals surface area (Å²) in [6.07, 6.45) is 3.01. The van der Waals surface area contributed by atoms with E-state index in [2.05, 4.69) is 10.4 Å². The van der Waals surface area contributed by atoms with Crippen LogP contribution in [0.4, 0.5) is 5.82 Å². The van der Waals surface area contributed by atoms with Crippen molar-refractivity contribution >= 4 is 15.8 Å². The summed E-state index contributed by atoms with van der Waals surface area (Å²) < 4.78 is 26.3. The standard InChI is InChI=1S/C11H20N4O2S/c1-4-9(5-2)15(3)18(16,17)10-7-6-8-13-11(10)14-12/h6-9H,4-5,12H2,1-3H3,(H,13,14). The molecule has 7 heteroatoms. The molecule has 0 aliphatic rings. The highest BCUT2D eigenvalue weighted by atomic mass is 32.2. The highest BCUT2D eigenvalue weighted by molar-refractivity contribution is 7.89. The molecule has 1 aromatic rings. The molecule has 0 aliphatic heterocycles. The van der Waals surface area contributed by atoms with E-state index in [0.29, 0.717) is 0 Å². The molecular weight excluding hydrogens is 252 g/mol. The van der Waals surface area contributed by atoms with Crippen molar-refractivity contribution < 1.29 is 8.42 Å². The van der Waals surface area contributed by atoms with Crippen molar-refractivity contribution in [3.8, 4) is 0 Å². The number of pyridine rings is 1. The molecule has 0 radical (unpaired) electrons. The summed E-state index contributed by atoms with van der Waals surface area (Å²) in [5.74, 6) is 5.46. The topological polar surface area (TPSA) is 88.3 Å². The molecule has 1 rings (SSSR count). The van der Waals surface area contributed by atoms with Crippen molar-refractivity contribution in [3.63, 3.8) is 0 Å². The van der Waals surface area contributed by atoms with Gasteiger partial charge in [-0.2, -0.15) is 4.31 Å². The first-order valence-electron chi connectivity index (χ1n) is 5.88. The van der Waals surface area contributed by atoms with Gasteiger partial charge in [0.2, 0.25) is 10.0 Å². The number of aromatic nitrogens is 1. The van der Waals surface area contributed by atoms with Crippen LogP contribution in [0.5, 0.6) is 0 Å². The predicted molar refractivity (Wildman–Crippen MR) is 71.4 cm³/mol. The molecule has 1 aromatic heterocycles. The van der Waals surface area contributed by atoms with E-state index in [-0.39, 0.29) is 16.8 Å². The number of anilines is 1. The summed E-state index contributed by atoms with van der Waals surface area (Å²) >= 11 is 0. The van der Waals surface area contributed by atoms with Gasteiger partial charge >= 0.3 is 0 Å². The Hall–Kier alpha value is -1.18. The number of hydrogen-bond acceptors (Lipinski definition) is 5. The Morgan fingerprint density at radius 1 is 1.44 bits per heavy atom. The quantitative estimate of drug-likeness (QED) is 0.599. The second-order valence-corrected chi connectivity index (χ2v) is 5.95. The molecule has 0 unspecified atom stereocenters. The van der Waals surface area contributed by atoms with Gasteiger partial charge in [0.05, 0.1) is 0 Å². The fourth-order valence-electron chi connectivity index (χ4n) is 1.86. The Balaban J connectivity index is 3.21. The van der Waals surface area contributed by atoms with E-state index >= 15 is 0 Å². The molecule has 0 saturated carbocycles. The zero-order valence-electron chi connectivity index (χ0n) is 10.9. The molecule has 0 aliphatic carbocycles. The van der Waals surface area contributed by atoms with Crippen molar-refractivity contribution in [2.45, 2.75) is 37.6 Å². The van der Waals surface area contributed by atoms with Crippen molar-refractivity contribution in [1.29, 1.82) is 0 Å². The predicted octanol–water partition coefficient (Wildman–Crippen LogP) is 1.18. The van der Waals surface area contributed by atoms with E-state index in [1.54, 1.807) is 13.1 Å². The van der Waals surface area contributed by atoms with Crippen LogP contribution in [0.15, 0.2) is 23.2 Å². The van der Waals surface area contributed by atoms with Gasteiger partial charge < -0.3 is 5.43 Å². The fraction of sp³-hybridized carbons (Fsp3) is 0.545. The van der Waals surface area contributed by atoms with Gasteiger partial charge in [0.25, 0.3) is 0 Å². The third-order valence-electron chi connectivity index (χ3n) is 3.02. The molecule has 0 saturated heterocycles. The number of nitrogens with zero attached hydrogens (tertiary/aromatic N) is 2. The highest BCUT2D eigenvalue weighted by Gasteiger charge is 2.28.